The Kier molecular flexibility index (Phi) is 6.37. The first-order valence-electron chi connectivity index (χ1n) is 8.04. The fraction of sp³-hybridized carbons (Fsp3) is 0.263. The molecule has 2 aromatic rings. The second-order valence-corrected chi connectivity index (χ2v) is 5.78. The van der Waals surface area contributed by atoms with Gasteiger partial charge in [0, 0.05) is 24.3 Å². The molecule has 2 aromatic carbocycles. The van der Waals surface area contributed by atoms with E-state index in [2.05, 4.69) is 29.8 Å². The number of urea groups is 1. The molecule has 0 saturated carbocycles. The highest BCUT2D eigenvalue weighted by molar-refractivity contribution is 5.94. The maximum Gasteiger partial charge on any atom is 0.319 e. The molecule has 3 amide bonds. The number of anilines is 1. The van der Waals surface area contributed by atoms with Crippen LogP contribution in [0.15, 0.2) is 54.6 Å². The summed E-state index contributed by atoms with van der Waals surface area (Å²) in [5, 5.41) is 8.23. The quantitative estimate of drug-likeness (QED) is 0.713. The molecule has 0 fully saturated rings. The van der Waals surface area contributed by atoms with Crippen LogP contribution >= 0.6 is 0 Å². The second kappa shape index (κ2) is 8.72. The van der Waals surface area contributed by atoms with Gasteiger partial charge >= 0.3 is 6.03 Å². The average Bonchev–Trinajstić information content (AvgIpc) is 2.59. The zero-order valence-electron chi connectivity index (χ0n) is 14.0. The van der Waals surface area contributed by atoms with E-state index in [4.69, 9.17) is 0 Å². The van der Waals surface area contributed by atoms with E-state index in [0.29, 0.717) is 24.6 Å². The molecule has 2 rings (SSSR count). The molecule has 24 heavy (non-hydrogen) atoms. The lowest BCUT2D eigenvalue weighted by molar-refractivity contribution is 0.0954. The van der Waals surface area contributed by atoms with Crippen molar-refractivity contribution >= 4 is 17.6 Å². The first kappa shape index (κ1) is 17.5. The Morgan fingerprint density at radius 1 is 0.875 bits per heavy atom. The minimum Gasteiger partial charge on any atom is -0.350 e. The summed E-state index contributed by atoms with van der Waals surface area (Å²) in [5.74, 6) is 0.309. The molecule has 0 aliphatic carbocycles. The number of amides is 3. The number of rotatable bonds is 6. The summed E-state index contributed by atoms with van der Waals surface area (Å²) in [6, 6.07) is 16.4. The van der Waals surface area contributed by atoms with Crippen LogP contribution in [0.5, 0.6) is 0 Å². The maximum absolute atomic E-state index is 11.8. The lowest BCUT2D eigenvalue weighted by Crippen LogP contribution is -2.36. The van der Waals surface area contributed by atoms with Gasteiger partial charge in [-0.1, -0.05) is 44.2 Å². The lowest BCUT2D eigenvalue weighted by atomic mass is 10.0. The van der Waals surface area contributed by atoms with Crippen molar-refractivity contribution in [3.8, 4) is 0 Å². The Bertz CT molecular complexity index is 667. The fourth-order valence-electron chi connectivity index (χ4n) is 2.17. The van der Waals surface area contributed by atoms with Gasteiger partial charge in [-0.25, -0.2) is 4.79 Å². The monoisotopic (exact) mass is 325 g/mol. The fourth-order valence-corrected chi connectivity index (χ4v) is 2.17. The normalized spacial score (nSPS) is 10.3. The van der Waals surface area contributed by atoms with Gasteiger partial charge in [0.1, 0.15) is 0 Å². The molecule has 0 aliphatic rings. The Labute approximate surface area is 142 Å². The van der Waals surface area contributed by atoms with Gasteiger partial charge in [0.2, 0.25) is 0 Å². The van der Waals surface area contributed by atoms with Crippen molar-refractivity contribution in [2.45, 2.75) is 19.8 Å². The van der Waals surface area contributed by atoms with Crippen LogP contribution in [0.3, 0.4) is 0 Å². The molecule has 5 nitrogen and oxygen atoms in total. The molecule has 0 saturated heterocycles. The lowest BCUT2D eigenvalue weighted by Gasteiger charge is -2.10. The standard InChI is InChI=1S/C19H23N3O2/c1-14(2)15-8-10-17(11-9-15)22-19(24)21-13-12-20-18(23)16-6-4-3-5-7-16/h3-11,14H,12-13H2,1-2H3,(H,20,23)(H2,21,22,24). The highest BCUT2D eigenvalue weighted by atomic mass is 16.2. The van der Waals surface area contributed by atoms with Gasteiger partial charge in [-0.15, -0.1) is 0 Å². The number of nitrogens with one attached hydrogen (secondary N) is 3. The molecule has 0 unspecified atom stereocenters. The first-order valence-corrected chi connectivity index (χ1v) is 8.04. The van der Waals surface area contributed by atoms with Crippen molar-refractivity contribution < 1.29 is 9.59 Å². The van der Waals surface area contributed by atoms with Crippen molar-refractivity contribution in [2.24, 2.45) is 0 Å². The number of hydrogen-bond acceptors (Lipinski definition) is 2. The first-order chi connectivity index (χ1) is 11.6. The van der Waals surface area contributed by atoms with E-state index in [1.165, 1.54) is 5.56 Å². The summed E-state index contributed by atoms with van der Waals surface area (Å²) >= 11 is 0. The molecule has 5 heteroatoms. The van der Waals surface area contributed by atoms with Gasteiger partial charge in [0.25, 0.3) is 5.91 Å². The molecule has 0 aliphatic heterocycles. The summed E-state index contributed by atoms with van der Waals surface area (Å²) in [6.07, 6.45) is 0. The molecule has 0 aromatic heterocycles. The van der Waals surface area contributed by atoms with Crippen LogP contribution in [0.25, 0.3) is 0 Å². The van der Waals surface area contributed by atoms with Gasteiger partial charge in [-0.2, -0.15) is 0 Å². The zero-order chi connectivity index (χ0) is 17.4. The van der Waals surface area contributed by atoms with Crippen LogP contribution in [-0.4, -0.2) is 25.0 Å². The minimum atomic E-state index is -0.291. The number of hydrogen-bond donors (Lipinski definition) is 3. The third kappa shape index (κ3) is 5.43. The minimum absolute atomic E-state index is 0.151. The van der Waals surface area contributed by atoms with E-state index in [9.17, 15) is 9.59 Å². The molecule has 0 radical (unpaired) electrons. The Hall–Kier alpha value is -2.82. The highest BCUT2D eigenvalue weighted by Gasteiger charge is 2.05. The molecule has 0 spiro atoms. The zero-order valence-corrected chi connectivity index (χ0v) is 14.0. The van der Waals surface area contributed by atoms with E-state index < -0.39 is 0 Å². The number of benzene rings is 2. The molecule has 0 atom stereocenters. The molecular formula is C19H23N3O2. The van der Waals surface area contributed by atoms with Crippen LogP contribution < -0.4 is 16.0 Å². The summed E-state index contributed by atoms with van der Waals surface area (Å²) in [7, 11) is 0. The topological polar surface area (TPSA) is 70.2 Å². The summed E-state index contributed by atoms with van der Waals surface area (Å²) in [4.78, 5) is 23.6. The van der Waals surface area contributed by atoms with Gasteiger partial charge in [0.05, 0.1) is 0 Å². The third-order valence-electron chi connectivity index (χ3n) is 3.57. The largest absolute Gasteiger partial charge is 0.350 e. The highest BCUT2D eigenvalue weighted by Crippen LogP contribution is 2.16. The molecular weight excluding hydrogens is 302 g/mol. The van der Waals surface area contributed by atoms with Crippen LogP contribution in [0.1, 0.15) is 35.7 Å². The van der Waals surface area contributed by atoms with Crippen LogP contribution in [0.2, 0.25) is 0 Å². The van der Waals surface area contributed by atoms with E-state index in [1.807, 2.05) is 42.5 Å². The van der Waals surface area contributed by atoms with Crippen molar-refractivity contribution in [3.05, 3.63) is 65.7 Å². The second-order valence-electron chi connectivity index (χ2n) is 5.78. The van der Waals surface area contributed by atoms with Crippen LogP contribution in [0, 0.1) is 0 Å². The number of carbonyl (C=O) groups excluding carboxylic acids is 2. The summed E-state index contributed by atoms with van der Waals surface area (Å²) < 4.78 is 0. The van der Waals surface area contributed by atoms with E-state index in [0.717, 1.165) is 5.69 Å². The summed E-state index contributed by atoms with van der Waals surface area (Å²) in [5.41, 5.74) is 2.57. The SMILES string of the molecule is CC(C)c1ccc(NC(=O)NCCNC(=O)c2ccccc2)cc1. The molecule has 0 heterocycles. The van der Waals surface area contributed by atoms with Gasteiger partial charge in [0.15, 0.2) is 0 Å². The van der Waals surface area contributed by atoms with E-state index >= 15 is 0 Å². The van der Waals surface area contributed by atoms with E-state index in [-0.39, 0.29) is 11.9 Å². The predicted molar refractivity (Wildman–Crippen MR) is 96.3 cm³/mol. The average molecular weight is 325 g/mol. The van der Waals surface area contributed by atoms with Gasteiger partial charge < -0.3 is 16.0 Å². The predicted octanol–water partition coefficient (Wildman–Crippen LogP) is 3.36. The van der Waals surface area contributed by atoms with E-state index in [1.54, 1.807) is 12.1 Å². The smallest absolute Gasteiger partial charge is 0.319 e. The summed E-state index contributed by atoms with van der Waals surface area (Å²) in [6.45, 7) is 4.97. The van der Waals surface area contributed by atoms with Crippen molar-refractivity contribution in [3.63, 3.8) is 0 Å². The van der Waals surface area contributed by atoms with Crippen LogP contribution in [-0.2, 0) is 0 Å². The van der Waals surface area contributed by atoms with Crippen molar-refractivity contribution in [1.29, 1.82) is 0 Å². The molecule has 3 N–H and O–H groups in total. The maximum atomic E-state index is 11.8. The van der Waals surface area contributed by atoms with Gasteiger partial charge in [-0.3, -0.25) is 4.79 Å². The Balaban J connectivity index is 1.69. The van der Waals surface area contributed by atoms with Gasteiger partial charge in [-0.05, 0) is 35.7 Å². The van der Waals surface area contributed by atoms with Crippen molar-refractivity contribution in [1.82, 2.24) is 10.6 Å². The van der Waals surface area contributed by atoms with Crippen molar-refractivity contribution in [2.75, 3.05) is 18.4 Å². The number of carbonyl (C=O) groups is 2. The molecule has 0 bridgehead atoms. The molecule has 126 valence electrons. The van der Waals surface area contributed by atoms with Crippen LogP contribution in [0.4, 0.5) is 10.5 Å². The Morgan fingerprint density at radius 3 is 2.12 bits per heavy atom. The third-order valence-corrected chi connectivity index (χ3v) is 3.57. The Morgan fingerprint density at radius 2 is 1.50 bits per heavy atom.